The maximum Gasteiger partial charge on any atom is 0.330 e. The Kier molecular flexibility index (Phi) is 18.7. The number of esters is 4. The lowest BCUT2D eigenvalue weighted by atomic mass is 9.70. The van der Waals surface area contributed by atoms with Crippen LogP contribution in [0.25, 0.3) is 0 Å². The molecule has 0 N–H and O–H groups in total. The molecule has 4 aliphatic carbocycles. The Hall–Kier alpha value is -4.28. The van der Waals surface area contributed by atoms with Crippen LogP contribution < -0.4 is 9.47 Å². The number of rotatable bonds is 19. The molecule has 15 heteroatoms. The molecule has 0 unspecified atom stereocenters. The van der Waals surface area contributed by atoms with Crippen molar-refractivity contribution in [3.63, 3.8) is 0 Å². The van der Waals surface area contributed by atoms with Crippen LogP contribution in [-0.2, 0) is 42.9 Å². The number of ether oxygens (including phenoxy) is 7. The topological polar surface area (TPSA) is 145 Å². The van der Waals surface area contributed by atoms with Crippen LogP contribution in [0.1, 0.15) is 121 Å². The SMILES string of the molecule is C=CC(=O)OCCCOC1CCC(C2CCC(C(=O)Oc3ccc(OC(=O)C4CCC(C5CCC(OCCCOC(=O)C=C)CC5)CC4)c4c3SC(=C3N=C(c5ccccc5)OC3=S)S4)CC2)CC1. The largest absolute Gasteiger partial charge is 0.462 e. The van der Waals surface area contributed by atoms with Gasteiger partial charge in [-0.05, 0) is 163 Å². The summed E-state index contributed by atoms with van der Waals surface area (Å²) in [5, 5.41) is 0.261. The molecule has 0 aromatic heterocycles. The van der Waals surface area contributed by atoms with Gasteiger partial charge in [0, 0.05) is 30.6 Å². The van der Waals surface area contributed by atoms with Crippen LogP contribution in [-0.4, -0.2) is 73.5 Å². The summed E-state index contributed by atoms with van der Waals surface area (Å²) in [5.41, 5.74) is 1.34. The normalized spacial score (nSPS) is 26.8. The zero-order chi connectivity index (χ0) is 48.1. The van der Waals surface area contributed by atoms with E-state index in [4.69, 9.17) is 50.4 Å². The molecule has 4 saturated carbocycles. The van der Waals surface area contributed by atoms with E-state index < -0.39 is 11.9 Å². The molecule has 2 aromatic carbocycles. The van der Waals surface area contributed by atoms with E-state index in [9.17, 15) is 19.2 Å². The number of hydrogen-bond donors (Lipinski definition) is 0. The van der Waals surface area contributed by atoms with E-state index in [1.165, 1.54) is 35.7 Å². The number of thiocarbonyl (C=S) groups is 1. The summed E-state index contributed by atoms with van der Waals surface area (Å²) in [6.07, 6.45) is 19.9. The summed E-state index contributed by atoms with van der Waals surface area (Å²) in [6, 6.07) is 13.1. The third kappa shape index (κ3) is 13.8. The van der Waals surface area contributed by atoms with Gasteiger partial charge in [-0.25, -0.2) is 14.6 Å². The van der Waals surface area contributed by atoms with Gasteiger partial charge >= 0.3 is 23.9 Å². The number of thioether (sulfide) groups is 2. The zero-order valence-electron chi connectivity index (χ0n) is 39.4. The maximum atomic E-state index is 13.9. The van der Waals surface area contributed by atoms with Crippen molar-refractivity contribution < 1.29 is 52.3 Å². The van der Waals surface area contributed by atoms with Crippen LogP contribution in [0.15, 0.2) is 92.5 Å². The highest BCUT2D eigenvalue weighted by atomic mass is 32.2. The first kappa shape index (κ1) is 51.1. The van der Waals surface area contributed by atoms with Crippen molar-refractivity contribution in [1.29, 1.82) is 0 Å². The lowest BCUT2D eigenvalue weighted by Crippen LogP contribution is -2.31. The molecule has 2 heterocycles. The summed E-state index contributed by atoms with van der Waals surface area (Å²) in [4.78, 5) is 56.6. The molecular weight excluding hydrogens is 935 g/mol. The standard InChI is InChI=1S/C54H65NO11S3/c1-3-45(56)62-32-8-30-60-41-24-20-36(21-25-41)34-12-16-39(17-13-34)51(58)64-43-28-29-44(49-48(43)68-54(69-49)47-53(67)66-50(55-47)38-10-6-5-7-11-38)65-52(59)40-18-14-35(15-19-40)37-22-26-42(27-23-37)61-31-9-33-63-46(57)4-2/h3-7,10-11,28-29,34-37,39-42H,1-2,8-9,12-27,30-33H2. The minimum absolute atomic E-state index is 0.194. The summed E-state index contributed by atoms with van der Waals surface area (Å²) in [6.45, 7) is 8.68. The predicted molar refractivity (Wildman–Crippen MR) is 269 cm³/mol. The molecule has 370 valence electrons. The van der Waals surface area contributed by atoms with E-state index in [0.717, 1.165) is 113 Å². The highest BCUT2D eigenvalue weighted by Gasteiger charge is 2.39. The quantitative estimate of drug-likeness (QED) is 0.0432. The molecule has 69 heavy (non-hydrogen) atoms. The van der Waals surface area contributed by atoms with Crippen molar-refractivity contribution in [2.24, 2.45) is 40.5 Å². The summed E-state index contributed by atoms with van der Waals surface area (Å²) in [7, 11) is 0. The van der Waals surface area contributed by atoms with Gasteiger partial charge in [0.1, 0.15) is 17.2 Å². The second kappa shape index (κ2) is 25.2. The number of hydrogen-bond acceptors (Lipinski definition) is 15. The van der Waals surface area contributed by atoms with Gasteiger partial charge in [0.25, 0.3) is 0 Å². The van der Waals surface area contributed by atoms with Crippen LogP contribution in [0.4, 0.5) is 0 Å². The Balaban J connectivity index is 0.851. The third-order valence-corrected chi connectivity index (χ3v) is 17.6. The monoisotopic (exact) mass is 999 g/mol. The Morgan fingerprint density at radius 1 is 0.594 bits per heavy atom. The van der Waals surface area contributed by atoms with Gasteiger partial charge in [-0.1, -0.05) is 54.9 Å². The molecule has 0 amide bonds. The fourth-order valence-corrected chi connectivity index (χ4v) is 13.8. The second-order valence-corrected chi connectivity index (χ2v) is 21.7. The summed E-state index contributed by atoms with van der Waals surface area (Å²) >= 11 is 8.53. The minimum Gasteiger partial charge on any atom is -0.462 e. The third-order valence-electron chi connectivity index (χ3n) is 14.7. The first-order valence-corrected chi connectivity index (χ1v) is 27.1. The van der Waals surface area contributed by atoms with Crippen molar-refractivity contribution in [2.75, 3.05) is 26.4 Å². The van der Waals surface area contributed by atoms with E-state index in [2.05, 4.69) is 13.2 Å². The lowest BCUT2D eigenvalue weighted by Gasteiger charge is -2.37. The van der Waals surface area contributed by atoms with E-state index in [1.54, 1.807) is 12.1 Å². The van der Waals surface area contributed by atoms with Crippen molar-refractivity contribution >= 4 is 70.6 Å². The number of carbonyl (C=O) groups is 4. The van der Waals surface area contributed by atoms with Gasteiger partial charge in [-0.15, -0.1) is 0 Å². The highest BCUT2D eigenvalue weighted by Crippen LogP contribution is 2.60. The molecule has 0 saturated heterocycles. The van der Waals surface area contributed by atoms with Crippen molar-refractivity contribution in [3.05, 3.63) is 83.3 Å². The average Bonchev–Trinajstić information content (AvgIpc) is 4.02. The second-order valence-electron chi connectivity index (χ2n) is 19.1. The molecular formula is C54H65NO11S3. The molecule has 0 bridgehead atoms. The first-order valence-electron chi connectivity index (χ1n) is 25.0. The van der Waals surface area contributed by atoms with E-state index in [-0.39, 0.29) is 41.0 Å². The Bertz CT molecular complexity index is 2120. The first-order chi connectivity index (χ1) is 33.6. The van der Waals surface area contributed by atoms with E-state index in [1.807, 2.05) is 30.3 Å². The number of benzene rings is 2. The van der Waals surface area contributed by atoms with Crippen LogP contribution in [0.3, 0.4) is 0 Å². The fraction of sp³-hybridized carbons (Fsp3) is 0.556. The maximum absolute atomic E-state index is 13.9. The van der Waals surface area contributed by atoms with Gasteiger partial charge in [0.15, 0.2) is 0 Å². The average molecular weight is 1000 g/mol. The highest BCUT2D eigenvalue weighted by molar-refractivity contribution is 8.25. The molecule has 0 spiro atoms. The van der Waals surface area contributed by atoms with Gasteiger partial charge in [-0.2, -0.15) is 0 Å². The summed E-state index contributed by atoms with van der Waals surface area (Å²) in [5.74, 6) is 2.08. The molecule has 8 rings (SSSR count). The van der Waals surface area contributed by atoms with Gasteiger partial charge < -0.3 is 33.2 Å². The van der Waals surface area contributed by atoms with E-state index in [0.29, 0.717) is 95.8 Å². The Morgan fingerprint density at radius 2 is 1.01 bits per heavy atom. The van der Waals surface area contributed by atoms with Gasteiger partial charge in [0.05, 0.1) is 64.5 Å². The van der Waals surface area contributed by atoms with Gasteiger partial charge in [-0.3, -0.25) is 9.59 Å². The number of aliphatic imine (C=N–C) groups is 1. The van der Waals surface area contributed by atoms with Crippen LogP contribution >= 0.6 is 35.7 Å². The molecule has 2 aliphatic heterocycles. The van der Waals surface area contributed by atoms with Crippen LogP contribution in [0.5, 0.6) is 11.5 Å². The zero-order valence-corrected chi connectivity index (χ0v) is 41.9. The van der Waals surface area contributed by atoms with Gasteiger partial charge in [0.2, 0.25) is 10.9 Å². The van der Waals surface area contributed by atoms with Crippen molar-refractivity contribution in [1.82, 2.24) is 0 Å². The van der Waals surface area contributed by atoms with Crippen LogP contribution in [0.2, 0.25) is 0 Å². The lowest BCUT2D eigenvalue weighted by molar-refractivity contribution is -0.142. The van der Waals surface area contributed by atoms with Crippen LogP contribution in [0, 0.1) is 35.5 Å². The number of nitrogens with zero attached hydrogens (tertiary/aromatic N) is 1. The molecule has 0 atom stereocenters. The molecule has 6 aliphatic rings. The number of fused-ring (bicyclic) bond motifs is 1. The molecule has 4 fully saturated rings. The Labute approximate surface area is 420 Å². The Morgan fingerprint density at radius 3 is 1.43 bits per heavy atom. The number of carbonyl (C=O) groups excluding carboxylic acids is 4. The van der Waals surface area contributed by atoms with Crippen molar-refractivity contribution in [3.8, 4) is 11.5 Å². The smallest absolute Gasteiger partial charge is 0.330 e. The predicted octanol–water partition coefficient (Wildman–Crippen LogP) is 11.7. The molecule has 2 aromatic rings. The molecule has 12 nitrogen and oxygen atoms in total. The minimum atomic E-state index is -0.405. The molecule has 0 radical (unpaired) electrons. The summed E-state index contributed by atoms with van der Waals surface area (Å²) < 4.78 is 41.6. The van der Waals surface area contributed by atoms with Crippen molar-refractivity contribution in [2.45, 2.75) is 138 Å². The fourth-order valence-electron chi connectivity index (χ4n) is 10.9. The van der Waals surface area contributed by atoms with E-state index >= 15 is 0 Å².